The lowest BCUT2D eigenvalue weighted by molar-refractivity contribution is -0.0182. The van der Waals surface area contributed by atoms with E-state index in [9.17, 15) is 0 Å². The maximum Gasteiger partial charge on any atom is 0.120 e. The van der Waals surface area contributed by atoms with Gasteiger partial charge >= 0.3 is 0 Å². The maximum absolute atomic E-state index is 5.73. The molecule has 6 heteroatoms. The van der Waals surface area contributed by atoms with Crippen LogP contribution in [-0.2, 0) is 11.3 Å². The number of aromatic amines is 1. The van der Waals surface area contributed by atoms with Gasteiger partial charge in [-0.2, -0.15) is 0 Å². The number of hydrogen-bond acceptors (Lipinski definition) is 4. The summed E-state index contributed by atoms with van der Waals surface area (Å²) in [5, 5.41) is 3.41. The molecule has 0 spiro atoms. The first-order valence-corrected chi connectivity index (χ1v) is 8.31. The third-order valence-electron chi connectivity index (χ3n) is 3.77. The molecule has 1 aromatic carbocycles. The fourth-order valence-electron chi connectivity index (χ4n) is 2.60. The summed E-state index contributed by atoms with van der Waals surface area (Å²) in [6, 6.07) is 8.19. The zero-order valence-electron chi connectivity index (χ0n) is 12.7. The van der Waals surface area contributed by atoms with Gasteiger partial charge in [-0.05, 0) is 19.2 Å². The molecule has 0 aliphatic carbocycles. The number of aromatic nitrogens is 2. The lowest BCUT2D eigenvalue weighted by Gasteiger charge is -2.30. The van der Waals surface area contributed by atoms with Gasteiger partial charge in [-0.15, -0.1) is 0 Å². The van der Waals surface area contributed by atoms with Crippen LogP contribution in [0, 0.1) is 0 Å². The SMILES string of the molecule is CN1CCOC(CNCc2ncc(-c3cccc(Br)c3)[nH]2)C1. The molecule has 1 aliphatic rings. The normalized spacial score (nSPS) is 19.5. The van der Waals surface area contributed by atoms with Crippen LogP contribution in [0.2, 0.25) is 0 Å². The lowest BCUT2D eigenvalue weighted by Crippen LogP contribution is -2.44. The Labute approximate surface area is 139 Å². The van der Waals surface area contributed by atoms with Crippen molar-refractivity contribution < 1.29 is 4.74 Å². The van der Waals surface area contributed by atoms with E-state index in [1.807, 2.05) is 18.3 Å². The van der Waals surface area contributed by atoms with Gasteiger partial charge < -0.3 is 19.9 Å². The summed E-state index contributed by atoms with van der Waals surface area (Å²) in [6.45, 7) is 4.38. The van der Waals surface area contributed by atoms with Crippen LogP contribution in [-0.4, -0.2) is 54.3 Å². The van der Waals surface area contributed by atoms with E-state index >= 15 is 0 Å². The van der Waals surface area contributed by atoms with Gasteiger partial charge in [0.25, 0.3) is 0 Å². The predicted molar refractivity (Wildman–Crippen MR) is 90.7 cm³/mol. The largest absolute Gasteiger partial charge is 0.374 e. The van der Waals surface area contributed by atoms with Crippen molar-refractivity contribution in [3.63, 3.8) is 0 Å². The summed E-state index contributed by atoms with van der Waals surface area (Å²) in [5.41, 5.74) is 2.16. The molecule has 0 bridgehead atoms. The number of halogens is 1. The van der Waals surface area contributed by atoms with Crippen molar-refractivity contribution in [1.82, 2.24) is 20.2 Å². The molecule has 2 N–H and O–H groups in total. The summed E-state index contributed by atoms with van der Waals surface area (Å²) < 4.78 is 6.80. The van der Waals surface area contributed by atoms with Crippen molar-refractivity contribution in [3.05, 3.63) is 40.8 Å². The molecule has 2 aromatic rings. The average Bonchev–Trinajstić information content (AvgIpc) is 2.96. The molecule has 1 unspecified atom stereocenters. The van der Waals surface area contributed by atoms with Crippen molar-refractivity contribution in [1.29, 1.82) is 0 Å². The Bertz CT molecular complexity index is 616. The van der Waals surface area contributed by atoms with E-state index in [0.29, 0.717) is 0 Å². The van der Waals surface area contributed by atoms with Gasteiger partial charge in [0.05, 0.1) is 31.1 Å². The van der Waals surface area contributed by atoms with Crippen LogP contribution in [0.15, 0.2) is 34.9 Å². The topological polar surface area (TPSA) is 53.2 Å². The number of hydrogen-bond donors (Lipinski definition) is 2. The highest BCUT2D eigenvalue weighted by Gasteiger charge is 2.17. The molecule has 22 heavy (non-hydrogen) atoms. The van der Waals surface area contributed by atoms with Crippen molar-refractivity contribution in [2.45, 2.75) is 12.6 Å². The molecule has 0 amide bonds. The Kier molecular flexibility index (Phi) is 5.25. The molecule has 0 radical (unpaired) electrons. The second-order valence-electron chi connectivity index (χ2n) is 5.64. The number of imidazole rings is 1. The van der Waals surface area contributed by atoms with E-state index in [-0.39, 0.29) is 6.10 Å². The smallest absolute Gasteiger partial charge is 0.120 e. The molecular formula is C16H21BrN4O. The highest BCUT2D eigenvalue weighted by Crippen LogP contribution is 2.21. The molecule has 1 aliphatic heterocycles. The lowest BCUT2D eigenvalue weighted by atomic mass is 10.2. The fraction of sp³-hybridized carbons (Fsp3) is 0.438. The molecule has 2 heterocycles. The third-order valence-corrected chi connectivity index (χ3v) is 4.26. The van der Waals surface area contributed by atoms with Gasteiger partial charge in [0.1, 0.15) is 5.82 Å². The molecule has 1 fully saturated rings. The van der Waals surface area contributed by atoms with Gasteiger partial charge in [-0.3, -0.25) is 0 Å². The van der Waals surface area contributed by atoms with Crippen LogP contribution < -0.4 is 5.32 Å². The minimum absolute atomic E-state index is 0.262. The number of H-pyrrole nitrogens is 1. The highest BCUT2D eigenvalue weighted by atomic mass is 79.9. The van der Waals surface area contributed by atoms with E-state index in [2.05, 4.69) is 55.3 Å². The fourth-order valence-corrected chi connectivity index (χ4v) is 3.00. The standard InChI is InChI=1S/C16H21BrN4O/c1-21-5-6-22-14(11-21)8-18-10-16-19-9-15(20-16)12-3-2-4-13(17)7-12/h2-4,7,9,14,18H,5-6,8,10-11H2,1H3,(H,19,20). The van der Waals surface area contributed by atoms with Crippen LogP contribution in [0.1, 0.15) is 5.82 Å². The molecular weight excluding hydrogens is 344 g/mol. The predicted octanol–water partition coefficient (Wildman–Crippen LogP) is 2.26. The van der Waals surface area contributed by atoms with Crippen LogP contribution in [0.5, 0.6) is 0 Å². The first-order valence-electron chi connectivity index (χ1n) is 7.51. The maximum atomic E-state index is 5.73. The van der Waals surface area contributed by atoms with Gasteiger partial charge in [0, 0.05) is 29.7 Å². The molecule has 118 valence electrons. The number of likely N-dealkylation sites (N-methyl/N-ethyl adjacent to an activating group) is 1. The summed E-state index contributed by atoms with van der Waals surface area (Å²) in [5.74, 6) is 0.944. The first kappa shape index (κ1) is 15.7. The number of benzene rings is 1. The monoisotopic (exact) mass is 364 g/mol. The van der Waals surface area contributed by atoms with Crippen LogP contribution in [0.25, 0.3) is 11.3 Å². The number of morpholine rings is 1. The summed E-state index contributed by atoms with van der Waals surface area (Å²) in [6.07, 6.45) is 2.14. The summed E-state index contributed by atoms with van der Waals surface area (Å²) in [7, 11) is 2.13. The Morgan fingerprint density at radius 1 is 1.50 bits per heavy atom. The van der Waals surface area contributed by atoms with Crippen molar-refractivity contribution in [2.24, 2.45) is 0 Å². The van der Waals surface area contributed by atoms with Gasteiger partial charge in [-0.1, -0.05) is 28.1 Å². The van der Waals surface area contributed by atoms with Crippen LogP contribution in [0.3, 0.4) is 0 Å². The zero-order valence-corrected chi connectivity index (χ0v) is 14.3. The zero-order chi connectivity index (χ0) is 15.4. The number of nitrogens with one attached hydrogen (secondary N) is 2. The minimum Gasteiger partial charge on any atom is -0.374 e. The Morgan fingerprint density at radius 3 is 3.23 bits per heavy atom. The third kappa shape index (κ3) is 4.16. The highest BCUT2D eigenvalue weighted by molar-refractivity contribution is 9.10. The van der Waals surface area contributed by atoms with Crippen LogP contribution in [0.4, 0.5) is 0 Å². The molecule has 3 rings (SSSR count). The van der Waals surface area contributed by atoms with Gasteiger partial charge in [0.2, 0.25) is 0 Å². The molecule has 1 atom stereocenters. The summed E-state index contributed by atoms with van der Waals surface area (Å²) in [4.78, 5) is 10.1. The molecule has 0 saturated carbocycles. The molecule has 1 saturated heterocycles. The van der Waals surface area contributed by atoms with Crippen molar-refractivity contribution in [2.75, 3.05) is 33.3 Å². The van der Waals surface area contributed by atoms with Crippen molar-refractivity contribution >= 4 is 15.9 Å². The van der Waals surface area contributed by atoms with E-state index in [1.165, 1.54) is 0 Å². The Balaban J connectivity index is 1.51. The second-order valence-corrected chi connectivity index (χ2v) is 6.56. The van der Waals surface area contributed by atoms with Crippen molar-refractivity contribution in [3.8, 4) is 11.3 Å². The van der Waals surface area contributed by atoms with Crippen LogP contribution >= 0.6 is 15.9 Å². The van der Waals surface area contributed by atoms with Gasteiger partial charge in [-0.25, -0.2) is 4.98 Å². The number of ether oxygens (including phenoxy) is 1. The van der Waals surface area contributed by atoms with E-state index in [4.69, 9.17) is 4.74 Å². The van der Waals surface area contributed by atoms with Gasteiger partial charge in [0.15, 0.2) is 0 Å². The number of nitrogens with zero attached hydrogens (tertiary/aromatic N) is 2. The number of rotatable bonds is 5. The van der Waals surface area contributed by atoms with E-state index < -0.39 is 0 Å². The van der Waals surface area contributed by atoms with E-state index in [1.54, 1.807) is 0 Å². The first-order chi connectivity index (χ1) is 10.7. The Hall–Kier alpha value is -1.21. The molecule has 1 aromatic heterocycles. The average molecular weight is 365 g/mol. The molecule has 5 nitrogen and oxygen atoms in total. The summed E-state index contributed by atoms with van der Waals surface area (Å²) >= 11 is 3.49. The minimum atomic E-state index is 0.262. The second kappa shape index (κ2) is 7.37. The van der Waals surface area contributed by atoms with E-state index in [0.717, 1.165) is 54.3 Å². The Morgan fingerprint density at radius 2 is 2.41 bits per heavy atom. The quantitative estimate of drug-likeness (QED) is 0.854.